The van der Waals surface area contributed by atoms with Crippen molar-refractivity contribution in [3.05, 3.63) is 35.6 Å². The van der Waals surface area contributed by atoms with Crippen molar-refractivity contribution < 1.29 is 9.50 Å². The van der Waals surface area contributed by atoms with Gasteiger partial charge in [0.1, 0.15) is 5.82 Å². The fraction of sp³-hybridized carbons (Fsp3) is 0.625. The van der Waals surface area contributed by atoms with Gasteiger partial charge in [-0.1, -0.05) is 12.1 Å². The minimum atomic E-state index is -0.141. The standard InChI is InChI=1S/C16H19FO/c17-14-3-1-9(2-4-14)15-10-5-12-7-11(15)8-13(6-10)16(12)18/h1-4,10-13,15-16,18H,5-8H2/t10?,11?,12?,13?,15-,16-. The number of benzene rings is 1. The van der Waals surface area contributed by atoms with Gasteiger partial charge in [-0.3, -0.25) is 0 Å². The molecule has 18 heavy (non-hydrogen) atoms. The quantitative estimate of drug-likeness (QED) is 0.805. The predicted octanol–water partition coefficient (Wildman–Crippen LogP) is 3.34. The second kappa shape index (κ2) is 3.80. The van der Waals surface area contributed by atoms with Gasteiger partial charge in [-0.05, 0) is 73.0 Å². The van der Waals surface area contributed by atoms with Gasteiger partial charge in [-0.2, -0.15) is 0 Å². The molecule has 4 bridgehead atoms. The van der Waals surface area contributed by atoms with Gasteiger partial charge in [-0.25, -0.2) is 4.39 Å². The van der Waals surface area contributed by atoms with Crippen molar-refractivity contribution in [2.45, 2.75) is 37.7 Å². The summed E-state index contributed by atoms with van der Waals surface area (Å²) in [4.78, 5) is 0. The third-order valence-electron chi connectivity index (χ3n) is 5.66. The van der Waals surface area contributed by atoms with Gasteiger partial charge in [0, 0.05) is 0 Å². The Bertz CT molecular complexity index is 423. The molecule has 0 unspecified atom stereocenters. The van der Waals surface area contributed by atoms with E-state index < -0.39 is 0 Å². The number of halogens is 1. The minimum absolute atomic E-state index is 0.0355. The van der Waals surface area contributed by atoms with E-state index in [0.717, 1.165) is 11.8 Å². The maximum Gasteiger partial charge on any atom is 0.123 e. The molecule has 2 heteroatoms. The van der Waals surface area contributed by atoms with Gasteiger partial charge in [-0.15, -0.1) is 0 Å². The first kappa shape index (κ1) is 11.0. The van der Waals surface area contributed by atoms with E-state index in [1.165, 1.54) is 31.2 Å². The molecule has 4 aliphatic rings. The van der Waals surface area contributed by atoms with Crippen LogP contribution >= 0.6 is 0 Å². The summed E-state index contributed by atoms with van der Waals surface area (Å²) in [6, 6.07) is 7.13. The van der Waals surface area contributed by atoms with Gasteiger partial charge >= 0.3 is 0 Å². The smallest absolute Gasteiger partial charge is 0.123 e. The van der Waals surface area contributed by atoms with E-state index in [9.17, 15) is 9.50 Å². The van der Waals surface area contributed by atoms with Gasteiger partial charge in [0.15, 0.2) is 0 Å². The SMILES string of the molecule is O[C@H]1C2CC3CC1CC(C2)[C@H]3c1ccc(F)cc1. The first-order valence-electron chi connectivity index (χ1n) is 7.16. The minimum Gasteiger partial charge on any atom is -0.393 e. The largest absolute Gasteiger partial charge is 0.393 e. The first-order valence-corrected chi connectivity index (χ1v) is 7.16. The summed E-state index contributed by atoms with van der Waals surface area (Å²) in [5.41, 5.74) is 1.32. The van der Waals surface area contributed by atoms with Gasteiger partial charge in [0.05, 0.1) is 6.10 Å². The van der Waals surface area contributed by atoms with E-state index in [4.69, 9.17) is 0 Å². The molecular formula is C16H19FO. The predicted molar refractivity (Wildman–Crippen MR) is 67.6 cm³/mol. The van der Waals surface area contributed by atoms with Crippen LogP contribution in [0.3, 0.4) is 0 Å². The van der Waals surface area contributed by atoms with Crippen LogP contribution in [0.25, 0.3) is 0 Å². The lowest BCUT2D eigenvalue weighted by Gasteiger charge is -2.56. The average Bonchev–Trinajstić information content (AvgIpc) is 2.35. The van der Waals surface area contributed by atoms with E-state index in [-0.39, 0.29) is 11.9 Å². The Hall–Kier alpha value is -0.890. The maximum absolute atomic E-state index is 13.0. The Morgan fingerprint density at radius 2 is 1.33 bits per heavy atom. The molecule has 5 rings (SSSR count). The van der Waals surface area contributed by atoms with Crippen molar-refractivity contribution in [1.82, 2.24) is 0 Å². The summed E-state index contributed by atoms with van der Waals surface area (Å²) in [5, 5.41) is 10.2. The van der Waals surface area contributed by atoms with Crippen molar-refractivity contribution in [3.63, 3.8) is 0 Å². The highest BCUT2D eigenvalue weighted by Crippen LogP contribution is 2.59. The van der Waals surface area contributed by atoms with Crippen LogP contribution in [0.2, 0.25) is 0 Å². The number of hydrogen-bond acceptors (Lipinski definition) is 1. The summed E-state index contributed by atoms with van der Waals surface area (Å²) in [7, 11) is 0. The average molecular weight is 246 g/mol. The molecule has 4 aliphatic carbocycles. The summed E-state index contributed by atoms with van der Waals surface area (Å²) >= 11 is 0. The molecule has 4 saturated carbocycles. The van der Waals surface area contributed by atoms with Crippen LogP contribution in [-0.4, -0.2) is 11.2 Å². The molecule has 0 aliphatic heterocycles. The summed E-state index contributed by atoms with van der Waals surface area (Å²) < 4.78 is 13.0. The van der Waals surface area contributed by atoms with Crippen molar-refractivity contribution >= 4 is 0 Å². The molecule has 1 N–H and O–H groups in total. The first-order chi connectivity index (χ1) is 8.72. The molecule has 1 nitrogen and oxygen atoms in total. The van der Waals surface area contributed by atoms with E-state index in [2.05, 4.69) is 0 Å². The third-order valence-corrected chi connectivity index (χ3v) is 5.66. The zero-order valence-electron chi connectivity index (χ0n) is 10.4. The molecule has 0 spiro atoms. The van der Waals surface area contributed by atoms with Crippen LogP contribution in [0, 0.1) is 29.5 Å². The zero-order chi connectivity index (χ0) is 12.3. The lowest BCUT2D eigenvalue weighted by Crippen LogP contribution is -2.51. The van der Waals surface area contributed by atoms with E-state index >= 15 is 0 Å². The zero-order valence-corrected chi connectivity index (χ0v) is 10.4. The molecule has 0 amide bonds. The summed E-state index contributed by atoms with van der Waals surface area (Å²) in [6.45, 7) is 0. The van der Waals surface area contributed by atoms with Crippen LogP contribution in [-0.2, 0) is 0 Å². The molecule has 0 saturated heterocycles. The van der Waals surface area contributed by atoms with Gasteiger partial charge in [0.2, 0.25) is 0 Å². The molecule has 0 aromatic heterocycles. The van der Waals surface area contributed by atoms with Crippen molar-refractivity contribution in [2.24, 2.45) is 23.7 Å². The normalized spacial score (nSPS) is 45.4. The molecule has 4 fully saturated rings. The van der Waals surface area contributed by atoms with E-state index in [1.54, 1.807) is 12.1 Å². The summed E-state index contributed by atoms with van der Waals surface area (Å²) in [5.74, 6) is 3.01. The lowest BCUT2D eigenvalue weighted by molar-refractivity contribution is -0.103. The molecule has 0 heterocycles. The molecule has 1 aromatic rings. The van der Waals surface area contributed by atoms with Crippen LogP contribution < -0.4 is 0 Å². The van der Waals surface area contributed by atoms with Crippen LogP contribution in [0.1, 0.15) is 37.2 Å². The van der Waals surface area contributed by atoms with Crippen molar-refractivity contribution in [2.75, 3.05) is 0 Å². The monoisotopic (exact) mass is 246 g/mol. The second-order valence-corrected chi connectivity index (χ2v) is 6.55. The summed E-state index contributed by atoms with van der Waals surface area (Å²) in [6.07, 6.45) is 4.67. The molecule has 0 atom stereocenters. The number of aliphatic hydroxyl groups is 1. The number of aliphatic hydroxyl groups excluding tert-OH is 1. The van der Waals surface area contributed by atoms with Crippen LogP contribution in [0.15, 0.2) is 24.3 Å². The Kier molecular flexibility index (Phi) is 2.32. The highest BCUT2D eigenvalue weighted by Gasteiger charge is 2.52. The second-order valence-electron chi connectivity index (χ2n) is 6.55. The highest BCUT2D eigenvalue weighted by atomic mass is 19.1. The number of hydrogen-bond donors (Lipinski definition) is 1. The molecule has 0 radical (unpaired) electrons. The maximum atomic E-state index is 13.0. The van der Waals surface area contributed by atoms with Crippen molar-refractivity contribution in [1.29, 1.82) is 0 Å². The fourth-order valence-corrected chi connectivity index (χ4v) is 5.08. The van der Waals surface area contributed by atoms with E-state index in [0.29, 0.717) is 17.8 Å². The lowest BCUT2D eigenvalue weighted by atomic mass is 9.50. The number of rotatable bonds is 1. The van der Waals surface area contributed by atoms with Crippen LogP contribution in [0.4, 0.5) is 4.39 Å². The topological polar surface area (TPSA) is 20.2 Å². The van der Waals surface area contributed by atoms with Crippen molar-refractivity contribution in [3.8, 4) is 0 Å². The van der Waals surface area contributed by atoms with E-state index in [1.807, 2.05) is 12.1 Å². The Balaban J connectivity index is 1.66. The molecular weight excluding hydrogens is 227 g/mol. The Morgan fingerprint density at radius 1 is 0.833 bits per heavy atom. The molecule has 96 valence electrons. The molecule has 1 aromatic carbocycles. The third kappa shape index (κ3) is 1.48. The van der Waals surface area contributed by atoms with Gasteiger partial charge in [0.25, 0.3) is 0 Å². The Labute approximate surface area is 107 Å². The fourth-order valence-electron chi connectivity index (χ4n) is 5.08. The van der Waals surface area contributed by atoms with Crippen LogP contribution in [0.5, 0.6) is 0 Å². The van der Waals surface area contributed by atoms with Gasteiger partial charge < -0.3 is 5.11 Å². The Morgan fingerprint density at radius 3 is 1.83 bits per heavy atom. The highest BCUT2D eigenvalue weighted by molar-refractivity contribution is 5.25.